The van der Waals surface area contributed by atoms with Gasteiger partial charge in [-0.2, -0.15) is 15.4 Å². The maximum absolute atomic E-state index is 14.3. The minimum absolute atomic E-state index is 0.0380. The van der Waals surface area contributed by atoms with E-state index in [1.54, 1.807) is 24.3 Å². The van der Waals surface area contributed by atoms with E-state index < -0.39 is 64.8 Å². The predicted molar refractivity (Wildman–Crippen MR) is 183 cm³/mol. The second-order valence-electron chi connectivity index (χ2n) is 13.5. The second-order valence-corrected chi connectivity index (χ2v) is 16.4. The van der Waals surface area contributed by atoms with Crippen LogP contribution in [-0.2, 0) is 50.2 Å². The first-order valence-corrected chi connectivity index (χ1v) is 19.6. The largest absolute Gasteiger partial charge is 0.471 e. The normalized spacial score (nSPS) is 22.6. The lowest BCUT2D eigenvalue weighted by molar-refractivity contribution is -0.146. The number of benzene rings is 1. The third-order valence-electron chi connectivity index (χ3n) is 8.74. The van der Waals surface area contributed by atoms with Crippen LogP contribution < -0.4 is 15.1 Å². The molecule has 3 aromatic rings. The lowest BCUT2D eigenvalue weighted by Crippen LogP contribution is -2.41. The fraction of sp³-hybridized carbons (Fsp3) is 0.562. The molecule has 3 heterocycles. The summed E-state index contributed by atoms with van der Waals surface area (Å²) in [6, 6.07) is 10.1. The molecule has 0 spiro atoms. The topological polar surface area (TPSA) is 260 Å². The van der Waals surface area contributed by atoms with Gasteiger partial charge in [0.15, 0.2) is 5.49 Å². The van der Waals surface area contributed by atoms with Gasteiger partial charge in [0.1, 0.15) is 54.7 Å². The van der Waals surface area contributed by atoms with Gasteiger partial charge < -0.3 is 34.0 Å². The van der Waals surface area contributed by atoms with E-state index in [4.69, 9.17) is 33.7 Å². The number of hydrogen-bond donors (Lipinski definition) is 6. The third-order valence-corrected chi connectivity index (χ3v) is 10.8. The Labute approximate surface area is 300 Å². The summed E-state index contributed by atoms with van der Waals surface area (Å²) in [5, 5.41) is 47.7. The number of fused-ring (bicyclic) bond motifs is 1. The third kappa shape index (κ3) is 9.36. The predicted octanol–water partition coefficient (Wildman–Crippen LogP) is 2.98. The number of nitrogens with zero attached hydrogens (tertiary/aromatic N) is 4. The van der Waals surface area contributed by atoms with E-state index in [9.17, 15) is 29.4 Å². The molecule has 0 aliphatic carbocycles. The van der Waals surface area contributed by atoms with Crippen LogP contribution in [0.2, 0.25) is 0 Å². The average Bonchev–Trinajstić information content (AvgIpc) is 3.62. The number of nitriles is 1. The molecule has 1 aromatic carbocycles. The summed E-state index contributed by atoms with van der Waals surface area (Å²) in [6.07, 6.45) is -2.53. The number of aromatic nitrogens is 3. The van der Waals surface area contributed by atoms with Crippen LogP contribution in [0.3, 0.4) is 0 Å². The Hall–Kier alpha value is -3.46. The monoisotopic (exact) mass is 768 g/mol. The highest BCUT2D eigenvalue weighted by atomic mass is 31.2. The molecule has 4 rings (SSSR count). The maximum Gasteiger partial charge on any atom is 0.471 e. The maximum atomic E-state index is 14.3. The molecule has 20 heteroatoms. The van der Waals surface area contributed by atoms with Gasteiger partial charge in [0, 0.05) is 0 Å². The Morgan fingerprint density at radius 1 is 1.13 bits per heavy atom. The zero-order chi connectivity index (χ0) is 38.6. The average molecular weight is 769 g/mol. The Kier molecular flexibility index (Phi) is 12.9. The number of carbonyl (C=O) groups excluding carboxylic acids is 1. The first-order valence-electron chi connectivity index (χ1n) is 16.5. The van der Waals surface area contributed by atoms with Gasteiger partial charge in [-0.05, 0) is 48.1 Å². The molecule has 0 amide bonds. The highest BCUT2D eigenvalue weighted by Gasteiger charge is 2.58. The van der Waals surface area contributed by atoms with E-state index in [1.807, 2.05) is 40.7 Å². The van der Waals surface area contributed by atoms with E-state index in [-0.39, 0.29) is 40.4 Å². The quantitative estimate of drug-likeness (QED) is 0.0904. The van der Waals surface area contributed by atoms with Crippen molar-refractivity contribution in [2.75, 3.05) is 13.2 Å². The van der Waals surface area contributed by atoms with E-state index in [0.29, 0.717) is 0 Å². The lowest BCUT2D eigenvalue weighted by atomic mass is 9.87. The molecule has 52 heavy (non-hydrogen) atoms. The Morgan fingerprint density at radius 3 is 2.37 bits per heavy atom. The van der Waals surface area contributed by atoms with Crippen molar-refractivity contribution in [3.8, 4) is 11.8 Å². The standard InChI is InChI=1S/C32H46N6O12P2/c1-7-21(8-2)15-46-30(41)20(3)36-51(42,50-23-11-9-22(10-12-23)31(4,5)6)47-16-25-27(39)28(40)32(17-33,49-25)26-14-13-24-29(34)37(18-35-38(24)26)19-48-52(43,44)45/h9-14,18,20-21,25,27-28,34,39-40H,7-8,15-16,19H2,1-6H3,(H,36,42)(H2,43,44,45)/t20-,25+,27+,28+,32-,51?/m0/s1. The molecule has 0 radical (unpaired) electrons. The lowest BCUT2D eigenvalue weighted by Gasteiger charge is -2.26. The van der Waals surface area contributed by atoms with Crippen LogP contribution in [-0.4, -0.2) is 77.7 Å². The van der Waals surface area contributed by atoms with Crippen LogP contribution in [0.5, 0.6) is 5.75 Å². The number of phosphoric ester groups is 1. The van der Waals surface area contributed by atoms with Gasteiger partial charge in [0.25, 0.3) is 0 Å². The van der Waals surface area contributed by atoms with Gasteiger partial charge in [-0.3, -0.25) is 23.8 Å². The first-order chi connectivity index (χ1) is 24.3. The number of phosphoric acid groups is 1. The van der Waals surface area contributed by atoms with Gasteiger partial charge in [0.05, 0.1) is 18.9 Å². The fourth-order valence-electron chi connectivity index (χ4n) is 5.44. The number of aliphatic hydroxyl groups excluding tert-OH is 2. The smallest absolute Gasteiger partial charge is 0.464 e. The van der Waals surface area contributed by atoms with Gasteiger partial charge >= 0.3 is 21.5 Å². The highest BCUT2D eigenvalue weighted by molar-refractivity contribution is 7.52. The Bertz CT molecular complexity index is 1910. The number of hydrogen-bond acceptors (Lipinski definition) is 13. The molecule has 1 unspecified atom stereocenters. The van der Waals surface area contributed by atoms with Crippen LogP contribution in [0, 0.1) is 22.7 Å². The molecule has 1 aliphatic heterocycles. The van der Waals surface area contributed by atoms with Crippen LogP contribution >= 0.6 is 15.6 Å². The van der Waals surface area contributed by atoms with Crippen molar-refractivity contribution in [1.82, 2.24) is 19.3 Å². The van der Waals surface area contributed by atoms with Crippen molar-refractivity contribution >= 4 is 27.1 Å². The van der Waals surface area contributed by atoms with Crippen molar-refractivity contribution in [3.05, 3.63) is 59.5 Å². The molecule has 2 aromatic heterocycles. The van der Waals surface area contributed by atoms with Gasteiger partial charge in [-0.1, -0.05) is 59.6 Å². The van der Waals surface area contributed by atoms with Gasteiger partial charge in [0.2, 0.25) is 5.60 Å². The van der Waals surface area contributed by atoms with Crippen molar-refractivity contribution in [2.45, 2.75) is 96.5 Å². The number of rotatable bonds is 16. The molecule has 18 nitrogen and oxygen atoms in total. The molecule has 6 atom stereocenters. The number of aliphatic hydroxyl groups is 2. The van der Waals surface area contributed by atoms with Gasteiger partial charge in [-0.25, -0.2) is 13.6 Å². The molecule has 6 N–H and O–H groups in total. The number of esters is 1. The molecule has 286 valence electrons. The zero-order valence-corrected chi connectivity index (χ0v) is 31.5. The minimum Gasteiger partial charge on any atom is -0.464 e. The van der Waals surface area contributed by atoms with Crippen LogP contribution in [0.15, 0.2) is 42.7 Å². The van der Waals surface area contributed by atoms with E-state index >= 15 is 0 Å². The van der Waals surface area contributed by atoms with Crippen molar-refractivity contribution in [1.29, 1.82) is 10.7 Å². The zero-order valence-electron chi connectivity index (χ0n) is 29.7. The highest BCUT2D eigenvalue weighted by Crippen LogP contribution is 2.47. The number of nitrogens with one attached hydrogen (secondary N) is 2. The van der Waals surface area contributed by atoms with E-state index in [0.717, 1.165) is 33.8 Å². The van der Waals surface area contributed by atoms with Crippen LogP contribution in [0.1, 0.15) is 65.6 Å². The summed E-state index contributed by atoms with van der Waals surface area (Å²) < 4.78 is 54.9. The van der Waals surface area contributed by atoms with Crippen molar-refractivity contribution in [3.63, 3.8) is 0 Å². The molecule has 1 fully saturated rings. The SMILES string of the molecule is CCC(CC)COC(=O)[C@H](C)NP(=O)(OC[C@H]1O[C@@](C#N)(c2ccc3c(=N)n(COP(=O)(O)O)cnn23)[C@H](O)[C@@H]1O)Oc1ccc(C(C)(C)C)cc1. The first kappa shape index (κ1) is 41.3. The molecular weight excluding hydrogens is 722 g/mol. The Morgan fingerprint density at radius 2 is 1.79 bits per heavy atom. The van der Waals surface area contributed by atoms with Crippen molar-refractivity contribution in [2.24, 2.45) is 5.92 Å². The van der Waals surface area contributed by atoms with Crippen molar-refractivity contribution < 1.29 is 57.0 Å². The second kappa shape index (κ2) is 16.3. The summed E-state index contributed by atoms with van der Waals surface area (Å²) in [6.45, 7) is 10.2. The molecule has 0 bridgehead atoms. The Balaban J connectivity index is 1.59. The summed E-state index contributed by atoms with van der Waals surface area (Å²) in [4.78, 5) is 30.9. The summed E-state index contributed by atoms with van der Waals surface area (Å²) in [7, 11) is -9.33. The number of carbonyl (C=O) groups is 1. The summed E-state index contributed by atoms with van der Waals surface area (Å²) >= 11 is 0. The van der Waals surface area contributed by atoms with Crippen LogP contribution in [0.25, 0.3) is 5.52 Å². The van der Waals surface area contributed by atoms with Crippen LogP contribution in [0.4, 0.5) is 0 Å². The van der Waals surface area contributed by atoms with E-state index in [1.165, 1.54) is 19.1 Å². The molecule has 1 aliphatic rings. The number of ether oxygens (including phenoxy) is 2. The molecular formula is C32H46N6O12P2. The molecule has 0 saturated carbocycles. The fourth-order valence-corrected chi connectivity index (χ4v) is 7.22. The molecule has 1 saturated heterocycles. The minimum atomic E-state index is -4.86. The summed E-state index contributed by atoms with van der Waals surface area (Å²) in [5.41, 5.74) is -1.86. The van der Waals surface area contributed by atoms with E-state index in [2.05, 4.69) is 14.7 Å². The summed E-state index contributed by atoms with van der Waals surface area (Å²) in [5.74, 6) is -0.413. The van der Waals surface area contributed by atoms with Gasteiger partial charge in [-0.15, -0.1) is 0 Å².